The maximum atomic E-state index is 5.44. The molecule has 2 aliphatic rings. The van der Waals surface area contributed by atoms with Crippen molar-refractivity contribution in [1.29, 1.82) is 0 Å². The summed E-state index contributed by atoms with van der Waals surface area (Å²) in [6.07, 6.45) is 8.47. The normalized spacial score (nSPS) is 17.1. The van der Waals surface area contributed by atoms with E-state index in [0.29, 0.717) is 0 Å². The Labute approximate surface area is 206 Å². The van der Waals surface area contributed by atoms with Gasteiger partial charge in [0.25, 0.3) is 0 Å². The number of hydrogen-bond acceptors (Lipinski definition) is 6. The fourth-order valence-corrected chi connectivity index (χ4v) is 4.38. The summed E-state index contributed by atoms with van der Waals surface area (Å²) >= 11 is 0. The molecule has 3 heterocycles. The van der Waals surface area contributed by atoms with Gasteiger partial charge in [0.05, 0.1) is 45.3 Å². The summed E-state index contributed by atoms with van der Waals surface area (Å²) in [5.41, 5.74) is 4.58. The van der Waals surface area contributed by atoms with Crippen LogP contribution in [0.3, 0.4) is 0 Å². The van der Waals surface area contributed by atoms with Gasteiger partial charge >= 0.3 is 5.82 Å². The molecule has 8 heteroatoms. The zero-order valence-corrected chi connectivity index (χ0v) is 20.3. The van der Waals surface area contributed by atoms with Gasteiger partial charge in [-0.15, -0.1) is 9.35 Å². The Balaban J connectivity index is 1.24. The van der Waals surface area contributed by atoms with Crippen molar-refractivity contribution in [3.63, 3.8) is 0 Å². The second kappa shape index (κ2) is 11.3. The lowest BCUT2D eigenvalue weighted by Crippen LogP contribution is -2.36. The van der Waals surface area contributed by atoms with Crippen LogP contribution < -0.4 is 14.5 Å². The summed E-state index contributed by atoms with van der Waals surface area (Å²) in [5.74, 6) is 1.01. The van der Waals surface area contributed by atoms with Gasteiger partial charge in [-0.05, 0) is 35.4 Å². The minimum atomic E-state index is 0.791. The number of morpholine rings is 2. The third-order valence-electron chi connectivity index (χ3n) is 6.40. The van der Waals surface area contributed by atoms with Gasteiger partial charge in [-0.2, -0.15) is 0 Å². The van der Waals surface area contributed by atoms with Crippen molar-refractivity contribution in [3.05, 3.63) is 77.9 Å². The molecule has 0 unspecified atom stereocenters. The van der Waals surface area contributed by atoms with Crippen molar-refractivity contribution in [2.24, 2.45) is 10.2 Å². The molecular weight excluding hydrogens is 440 g/mol. The Bertz CT molecular complexity index is 1050. The predicted octanol–water partition coefficient (Wildman–Crippen LogP) is 2.78. The van der Waals surface area contributed by atoms with Gasteiger partial charge in [0.2, 0.25) is 0 Å². The van der Waals surface area contributed by atoms with Crippen molar-refractivity contribution in [3.8, 4) is 0 Å². The Morgan fingerprint density at radius 1 is 0.771 bits per heavy atom. The third-order valence-corrected chi connectivity index (χ3v) is 6.40. The van der Waals surface area contributed by atoms with Crippen LogP contribution in [0.1, 0.15) is 23.9 Å². The SMILES string of the molecule is CCc1n(N=Cc2ccc(N3CCOCC3)cc2)cc[n+]1N=Cc1ccc(N2CCOCC2)cc1. The van der Waals surface area contributed by atoms with Crippen LogP contribution in [-0.4, -0.2) is 69.7 Å². The minimum absolute atomic E-state index is 0.791. The average molecular weight is 474 g/mol. The highest BCUT2D eigenvalue weighted by molar-refractivity contribution is 5.80. The minimum Gasteiger partial charge on any atom is -0.378 e. The second-order valence-corrected chi connectivity index (χ2v) is 8.63. The lowest BCUT2D eigenvalue weighted by atomic mass is 10.2. The van der Waals surface area contributed by atoms with E-state index in [1.807, 2.05) is 34.2 Å². The first-order valence-electron chi connectivity index (χ1n) is 12.4. The summed E-state index contributed by atoms with van der Waals surface area (Å²) in [6, 6.07) is 17.0. The van der Waals surface area contributed by atoms with E-state index in [1.54, 1.807) is 0 Å². The first-order chi connectivity index (χ1) is 17.3. The number of nitrogens with zero attached hydrogens (tertiary/aromatic N) is 6. The Hall–Kier alpha value is -3.49. The van der Waals surface area contributed by atoms with Crippen LogP contribution in [-0.2, 0) is 15.9 Å². The molecule has 182 valence electrons. The standard InChI is InChI=1S/C27H33N6O2/c1-2-27-32(28-21-23-3-7-25(8-4-23)30-13-17-34-18-14-30)11-12-33(27)29-22-24-5-9-26(10-6-24)31-15-19-35-20-16-31/h3-12,21-22H,2,13-20H2,1H3/q+1. The van der Waals surface area contributed by atoms with Gasteiger partial charge < -0.3 is 19.3 Å². The molecule has 2 saturated heterocycles. The fourth-order valence-electron chi connectivity index (χ4n) is 4.38. The molecule has 35 heavy (non-hydrogen) atoms. The maximum Gasteiger partial charge on any atom is 0.307 e. The highest BCUT2D eigenvalue weighted by Crippen LogP contribution is 2.17. The molecule has 2 fully saturated rings. The monoisotopic (exact) mass is 473 g/mol. The molecule has 0 radical (unpaired) electrons. The van der Waals surface area contributed by atoms with Gasteiger partial charge in [-0.3, -0.25) is 0 Å². The summed E-state index contributed by atoms with van der Waals surface area (Å²) in [6.45, 7) is 9.03. The molecule has 0 bridgehead atoms. The highest BCUT2D eigenvalue weighted by atomic mass is 16.5. The summed E-state index contributed by atoms with van der Waals surface area (Å²) in [7, 11) is 0. The van der Waals surface area contributed by atoms with Crippen molar-refractivity contribution < 1.29 is 14.1 Å². The van der Waals surface area contributed by atoms with E-state index in [9.17, 15) is 0 Å². The van der Waals surface area contributed by atoms with E-state index in [2.05, 4.69) is 75.5 Å². The second-order valence-electron chi connectivity index (χ2n) is 8.63. The summed E-state index contributed by atoms with van der Waals surface area (Å²) in [5, 5.41) is 9.35. The molecule has 0 spiro atoms. The Kier molecular flexibility index (Phi) is 7.50. The molecule has 2 aliphatic heterocycles. The lowest BCUT2D eigenvalue weighted by molar-refractivity contribution is -0.685. The average Bonchev–Trinajstić information content (AvgIpc) is 3.34. The van der Waals surface area contributed by atoms with Crippen LogP contribution in [0, 0.1) is 0 Å². The molecule has 0 N–H and O–H groups in total. The molecular formula is C27H33N6O2+. The molecule has 2 aromatic carbocycles. The van der Waals surface area contributed by atoms with Crippen LogP contribution in [0.25, 0.3) is 0 Å². The van der Waals surface area contributed by atoms with Crippen molar-refractivity contribution in [2.75, 3.05) is 62.4 Å². The van der Waals surface area contributed by atoms with E-state index in [-0.39, 0.29) is 0 Å². The molecule has 0 aliphatic carbocycles. The van der Waals surface area contributed by atoms with Crippen LogP contribution >= 0.6 is 0 Å². The number of ether oxygens (including phenoxy) is 2. The third kappa shape index (κ3) is 5.78. The van der Waals surface area contributed by atoms with Crippen molar-refractivity contribution in [2.45, 2.75) is 13.3 Å². The van der Waals surface area contributed by atoms with Crippen LogP contribution in [0.15, 0.2) is 71.1 Å². The van der Waals surface area contributed by atoms with E-state index in [1.165, 1.54) is 11.4 Å². The quantitative estimate of drug-likeness (QED) is 0.391. The zero-order valence-electron chi connectivity index (χ0n) is 20.3. The van der Waals surface area contributed by atoms with Gasteiger partial charge in [0, 0.05) is 37.6 Å². The Morgan fingerprint density at radius 2 is 1.29 bits per heavy atom. The van der Waals surface area contributed by atoms with Gasteiger partial charge in [0.1, 0.15) is 0 Å². The smallest absolute Gasteiger partial charge is 0.307 e. The van der Waals surface area contributed by atoms with Gasteiger partial charge in [0.15, 0.2) is 12.4 Å². The molecule has 1 aromatic heterocycles. The van der Waals surface area contributed by atoms with E-state index >= 15 is 0 Å². The van der Waals surface area contributed by atoms with Crippen LogP contribution in [0.5, 0.6) is 0 Å². The number of anilines is 2. The van der Waals surface area contributed by atoms with Gasteiger partial charge in [-0.1, -0.05) is 41.4 Å². The first kappa shape index (κ1) is 23.3. The zero-order chi connectivity index (χ0) is 23.9. The Morgan fingerprint density at radius 3 is 1.80 bits per heavy atom. The van der Waals surface area contributed by atoms with Crippen LogP contribution in [0.2, 0.25) is 0 Å². The number of hydrogen-bond donors (Lipinski definition) is 0. The lowest BCUT2D eigenvalue weighted by Gasteiger charge is -2.28. The largest absolute Gasteiger partial charge is 0.378 e. The molecule has 3 aromatic rings. The number of benzene rings is 2. The highest BCUT2D eigenvalue weighted by Gasteiger charge is 2.15. The predicted molar refractivity (Wildman–Crippen MR) is 139 cm³/mol. The molecule has 5 rings (SSSR count). The molecule has 0 amide bonds. The molecule has 0 saturated carbocycles. The summed E-state index contributed by atoms with van der Waals surface area (Å²) in [4.78, 5) is 4.70. The van der Waals surface area contributed by atoms with E-state index in [0.717, 1.165) is 76.0 Å². The number of imidazole rings is 1. The fraction of sp³-hybridized carbons (Fsp3) is 0.370. The first-order valence-corrected chi connectivity index (χ1v) is 12.4. The topological polar surface area (TPSA) is 58.5 Å². The summed E-state index contributed by atoms with van der Waals surface area (Å²) < 4.78 is 14.7. The maximum absolute atomic E-state index is 5.44. The van der Waals surface area contributed by atoms with E-state index < -0.39 is 0 Å². The number of aromatic nitrogens is 2. The van der Waals surface area contributed by atoms with Crippen molar-refractivity contribution in [1.82, 2.24) is 4.68 Å². The van der Waals surface area contributed by atoms with Crippen molar-refractivity contribution >= 4 is 23.8 Å². The van der Waals surface area contributed by atoms with Gasteiger partial charge in [-0.25, -0.2) is 0 Å². The number of rotatable bonds is 7. The van der Waals surface area contributed by atoms with Crippen LogP contribution in [0.4, 0.5) is 11.4 Å². The molecule has 0 atom stereocenters. The molecule has 8 nitrogen and oxygen atoms in total. The van der Waals surface area contributed by atoms with E-state index in [4.69, 9.17) is 9.47 Å².